The van der Waals surface area contributed by atoms with E-state index in [4.69, 9.17) is 5.73 Å². The molecule has 2 aromatic rings. The van der Waals surface area contributed by atoms with Crippen LogP contribution in [0, 0.1) is 6.92 Å². The van der Waals surface area contributed by atoms with Crippen molar-refractivity contribution in [1.82, 2.24) is 20.3 Å². The smallest absolute Gasteiger partial charge is 0.232 e. The van der Waals surface area contributed by atoms with Crippen LogP contribution in [0.4, 0.5) is 17.6 Å². The zero-order valence-corrected chi connectivity index (χ0v) is 13.3. The van der Waals surface area contributed by atoms with Gasteiger partial charge in [-0.3, -0.25) is 4.79 Å². The summed E-state index contributed by atoms with van der Waals surface area (Å²) >= 11 is 1.42. The highest BCUT2D eigenvalue weighted by atomic mass is 32.2. The third-order valence-electron chi connectivity index (χ3n) is 2.83. The van der Waals surface area contributed by atoms with E-state index in [1.165, 1.54) is 11.8 Å². The van der Waals surface area contributed by atoms with E-state index in [-0.39, 0.29) is 11.9 Å². The Hall–Kier alpha value is -2.35. The number of carbonyl (C=O) groups excluding carboxylic acids is 1. The van der Waals surface area contributed by atoms with Crippen LogP contribution in [0.5, 0.6) is 0 Å². The summed E-state index contributed by atoms with van der Waals surface area (Å²) < 4.78 is 0. The first-order valence-corrected chi connectivity index (χ1v) is 7.85. The number of nitrogen functional groups attached to an aromatic ring is 1. The van der Waals surface area contributed by atoms with Crippen molar-refractivity contribution in [2.24, 2.45) is 0 Å². The molecule has 4 N–H and O–H groups in total. The van der Waals surface area contributed by atoms with Crippen LogP contribution in [-0.2, 0) is 10.5 Å². The van der Waals surface area contributed by atoms with E-state index in [1.807, 2.05) is 31.2 Å². The van der Waals surface area contributed by atoms with Gasteiger partial charge in [0, 0.05) is 12.7 Å². The number of amides is 1. The number of rotatable bonds is 6. The van der Waals surface area contributed by atoms with Gasteiger partial charge in [-0.05, 0) is 18.6 Å². The van der Waals surface area contributed by atoms with E-state index >= 15 is 0 Å². The molecule has 0 aliphatic carbocycles. The van der Waals surface area contributed by atoms with Gasteiger partial charge in [0.15, 0.2) is 0 Å². The van der Waals surface area contributed by atoms with Crippen LogP contribution in [0.15, 0.2) is 24.3 Å². The molecule has 0 saturated carbocycles. The van der Waals surface area contributed by atoms with Crippen molar-refractivity contribution in [3.8, 4) is 0 Å². The molecule has 0 aliphatic rings. The van der Waals surface area contributed by atoms with Crippen molar-refractivity contribution in [1.29, 1.82) is 0 Å². The number of carbonyl (C=O) groups is 1. The lowest BCUT2D eigenvalue weighted by Gasteiger charge is -2.09. The second kappa shape index (κ2) is 7.60. The molecule has 7 nitrogen and oxygen atoms in total. The van der Waals surface area contributed by atoms with Crippen LogP contribution < -0.4 is 16.4 Å². The lowest BCUT2D eigenvalue weighted by Crippen LogP contribution is -2.20. The molecule has 1 heterocycles. The van der Waals surface area contributed by atoms with Crippen molar-refractivity contribution in [2.75, 3.05) is 23.9 Å². The minimum absolute atomic E-state index is 0.0368. The van der Waals surface area contributed by atoms with Crippen LogP contribution in [0.25, 0.3) is 0 Å². The molecular formula is C14H18N6OS. The van der Waals surface area contributed by atoms with E-state index in [9.17, 15) is 4.79 Å². The number of nitrogens with two attached hydrogens (primary N) is 1. The number of thioether (sulfide) groups is 1. The van der Waals surface area contributed by atoms with E-state index in [2.05, 4.69) is 25.6 Å². The predicted octanol–water partition coefficient (Wildman–Crippen LogP) is 1.49. The maximum Gasteiger partial charge on any atom is 0.232 e. The van der Waals surface area contributed by atoms with Gasteiger partial charge in [0.25, 0.3) is 0 Å². The van der Waals surface area contributed by atoms with Crippen molar-refractivity contribution in [3.05, 3.63) is 35.7 Å². The van der Waals surface area contributed by atoms with Gasteiger partial charge in [-0.15, -0.1) is 11.8 Å². The minimum atomic E-state index is -0.0368. The SMILES string of the molecule is CNC(=O)CSCc1nc(N)nc(Nc2ccccc2C)n1. The Morgan fingerprint density at radius 1 is 1.27 bits per heavy atom. The minimum Gasteiger partial charge on any atom is -0.368 e. The number of aromatic nitrogens is 3. The first kappa shape index (κ1) is 16.0. The molecule has 0 bridgehead atoms. The molecule has 22 heavy (non-hydrogen) atoms. The molecule has 1 aromatic carbocycles. The van der Waals surface area contributed by atoms with Crippen LogP contribution in [0.3, 0.4) is 0 Å². The van der Waals surface area contributed by atoms with E-state index in [1.54, 1.807) is 7.05 Å². The third-order valence-corrected chi connectivity index (χ3v) is 3.76. The lowest BCUT2D eigenvalue weighted by atomic mass is 10.2. The number of benzene rings is 1. The van der Waals surface area contributed by atoms with Gasteiger partial charge >= 0.3 is 0 Å². The number of hydrogen-bond acceptors (Lipinski definition) is 7. The number of para-hydroxylation sites is 1. The number of nitrogens with zero attached hydrogens (tertiary/aromatic N) is 3. The fourth-order valence-corrected chi connectivity index (χ4v) is 2.44. The first-order chi connectivity index (χ1) is 10.6. The first-order valence-electron chi connectivity index (χ1n) is 6.70. The largest absolute Gasteiger partial charge is 0.368 e. The second-order valence-corrected chi connectivity index (χ2v) is 5.52. The van der Waals surface area contributed by atoms with Crippen LogP contribution in [0.2, 0.25) is 0 Å². The summed E-state index contributed by atoms with van der Waals surface area (Å²) in [6.07, 6.45) is 0. The van der Waals surface area contributed by atoms with Crippen LogP contribution in [-0.4, -0.2) is 33.7 Å². The maximum absolute atomic E-state index is 11.2. The number of aryl methyl sites for hydroxylation is 1. The Labute approximate surface area is 133 Å². The van der Waals surface area contributed by atoms with Crippen molar-refractivity contribution in [2.45, 2.75) is 12.7 Å². The molecule has 1 aromatic heterocycles. The summed E-state index contributed by atoms with van der Waals surface area (Å²) in [7, 11) is 1.61. The fourth-order valence-electron chi connectivity index (χ4n) is 1.70. The van der Waals surface area contributed by atoms with Gasteiger partial charge in [0.1, 0.15) is 5.82 Å². The molecule has 0 saturated heterocycles. The highest BCUT2D eigenvalue weighted by Crippen LogP contribution is 2.18. The molecular weight excluding hydrogens is 300 g/mol. The summed E-state index contributed by atoms with van der Waals surface area (Å²) in [5.41, 5.74) is 7.71. The molecule has 0 fully saturated rings. The Kier molecular flexibility index (Phi) is 5.54. The van der Waals surface area contributed by atoms with Gasteiger partial charge in [-0.25, -0.2) is 0 Å². The quantitative estimate of drug-likeness (QED) is 0.741. The van der Waals surface area contributed by atoms with Gasteiger partial charge in [0.2, 0.25) is 17.8 Å². The van der Waals surface area contributed by atoms with Crippen molar-refractivity contribution in [3.63, 3.8) is 0 Å². The molecule has 116 valence electrons. The summed E-state index contributed by atoms with van der Waals surface area (Å²) in [6, 6.07) is 7.82. The molecule has 0 spiro atoms. The van der Waals surface area contributed by atoms with Gasteiger partial charge in [0.05, 0.1) is 11.5 Å². The average Bonchev–Trinajstić information content (AvgIpc) is 2.49. The fraction of sp³-hybridized carbons (Fsp3) is 0.286. The Morgan fingerprint density at radius 2 is 2.05 bits per heavy atom. The van der Waals surface area contributed by atoms with Crippen LogP contribution >= 0.6 is 11.8 Å². The number of hydrogen-bond donors (Lipinski definition) is 3. The molecule has 0 radical (unpaired) electrons. The highest BCUT2D eigenvalue weighted by molar-refractivity contribution is 7.99. The number of nitrogens with one attached hydrogen (secondary N) is 2. The summed E-state index contributed by atoms with van der Waals surface area (Å²) in [5.74, 6) is 1.90. The molecule has 0 aliphatic heterocycles. The Balaban J connectivity index is 2.06. The third kappa shape index (κ3) is 4.59. The number of anilines is 3. The molecule has 1 amide bonds. The zero-order chi connectivity index (χ0) is 15.9. The summed E-state index contributed by atoms with van der Waals surface area (Å²) in [5, 5.41) is 5.70. The summed E-state index contributed by atoms with van der Waals surface area (Å²) in [4.78, 5) is 23.7. The normalized spacial score (nSPS) is 10.3. The zero-order valence-electron chi connectivity index (χ0n) is 12.5. The summed E-state index contributed by atoms with van der Waals surface area (Å²) in [6.45, 7) is 1.99. The molecule has 0 atom stereocenters. The maximum atomic E-state index is 11.2. The highest BCUT2D eigenvalue weighted by Gasteiger charge is 2.07. The van der Waals surface area contributed by atoms with Gasteiger partial charge in [-0.2, -0.15) is 15.0 Å². The Bertz CT molecular complexity index is 664. The van der Waals surface area contributed by atoms with Crippen molar-refractivity contribution >= 4 is 35.3 Å². The van der Waals surface area contributed by atoms with E-state index in [0.29, 0.717) is 23.3 Å². The standard InChI is InChI=1S/C14H18N6OS/c1-9-5-3-4-6-10(9)17-14-19-11(18-13(15)20-14)7-22-8-12(21)16-2/h3-6H,7-8H2,1-2H3,(H,16,21)(H3,15,17,18,19,20). The van der Waals surface area contributed by atoms with Gasteiger partial charge < -0.3 is 16.4 Å². The monoisotopic (exact) mass is 318 g/mol. The molecule has 0 unspecified atom stereocenters. The molecule has 2 rings (SSSR count). The van der Waals surface area contributed by atoms with Gasteiger partial charge in [-0.1, -0.05) is 18.2 Å². The topological polar surface area (TPSA) is 106 Å². The van der Waals surface area contributed by atoms with Crippen molar-refractivity contribution < 1.29 is 4.79 Å². The lowest BCUT2D eigenvalue weighted by molar-refractivity contribution is -0.118. The average molecular weight is 318 g/mol. The van der Waals surface area contributed by atoms with E-state index in [0.717, 1.165) is 11.3 Å². The Morgan fingerprint density at radius 3 is 2.77 bits per heavy atom. The second-order valence-electron chi connectivity index (χ2n) is 4.54. The molecule has 8 heteroatoms. The van der Waals surface area contributed by atoms with E-state index < -0.39 is 0 Å². The van der Waals surface area contributed by atoms with Crippen LogP contribution in [0.1, 0.15) is 11.4 Å². The predicted molar refractivity (Wildman–Crippen MR) is 88.9 cm³/mol.